The molecule has 1 saturated heterocycles. The lowest BCUT2D eigenvalue weighted by atomic mass is 10.0. The van der Waals surface area contributed by atoms with Crippen LogP contribution < -0.4 is 10.2 Å². The maximum absolute atomic E-state index is 12.9. The number of nitrogens with zero attached hydrogens (tertiary/aromatic N) is 3. The van der Waals surface area contributed by atoms with Gasteiger partial charge in [0.2, 0.25) is 0 Å². The van der Waals surface area contributed by atoms with E-state index in [1.54, 1.807) is 4.90 Å². The summed E-state index contributed by atoms with van der Waals surface area (Å²) in [6.07, 6.45) is 3.27. The van der Waals surface area contributed by atoms with E-state index in [1.807, 2.05) is 80.9 Å². The number of carbonyl (C=O) groups is 2. The highest BCUT2D eigenvalue weighted by Crippen LogP contribution is 2.26. The lowest BCUT2D eigenvalue weighted by Crippen LogP contribution is -2.42. The van der Waals surface area contributed by atoms with Gasteiger partial charge in [-0.2, -0.15) is 0 Å². The molecule has 2 amide bonds. The van der Waals surface area contributed by atoms with Gasteiger partial charge in [0.05, 0.1) is 0 Å². The Morgan fingerprint density at radius 3 is 2.48 bits per heavy atom. The van der Waals surface area contributed by atoms with Gasteiger partial charge in [-0.15, -0.1) is 0 Å². The molecule has 7 heteroatoms. The van der Waals surface area contributed by atoms with Gasteiger partial charge in [-0.3, -0.25) is 4.79 Å². The van der Waals surface area contributed by atoms with E-state index in [9.17, 15) is 9.59 Å². The standard InChI is InChI=1S/C24H34N4O3/c1-24(2,3)31-23(30)27-14-11-19(12-15-27)28-13-7-10-21(28)22(29)25-17-18-8-6-9-20(16-18)26(4)5/h6-10,13,16,19H,11-12,14-15,17H2,1-5H3,(H,25,29). The molecule has 31 heavy (non-hydrogen) atoms. The number of piperidine rings is 1. The Balaban J connectivity index is 1.58. The first-order chi connectivity index (χ1) is 14.6. The number of likely N-dealkylation sites (tertiary alicyclic amines) is 1. The van der Waals surface area contributed by atoms with Crippen LogP contribution in [0.25, 0.3) is 0 Å². The van der Waals surface area contributed by atoms with Gasteiger partial charge in [-0.25, -0.2) is 4.79 Å². The molecule has 1 N–H and O–H groups in total. The van der Waals surface area contributed by atoms with Crippen LogP contribution in [0.4, 0.5) is 10.5 Å². The smallest absolute Gasteiger partial charge is 0.410 e. The molecule has 0 bridgehead atoms. The van der Waals surface area contributed by atoms with Crippen molar-refractivity contribution < 1.29 is 14.3 Å². The molecule has 1 aromatic carbocycles. The van der Waals surface area contributed by atoms with Crippen molar-refractivity contribution in [2.45, 2.75) is 51.8 Å². The Kier molecular flexibility index (Phi) is 6.93. The molecule has 0 spiro atoms. The molecule has 0 atom stereocenters. The molecule has 1 aromatic heterocycles. The first kappa shape index (κ1) is 22.7. The predicted octanol–water partition coefficient (Wildman–Crippen LogP) is 4.06. The molecule has 2 heterocycles. The minimum Gasteiger partial charge on any atom is -0.444 e. The van der Waals surface area contributed by atoms with Crippen LogP contribution in [0.5, 0.6) is 0 Å². The number of ether oxygens (including phenoxy) is 1. The van der Waals surface area contributed by atoms with Crippen molar-refractivity contribution in [3.05, 3.63) is 53.9 Å². The molecule has 3 rings (SSSR count). The zero-order valence-corrected chi connectivity index (χ0v) is 19.2. The minimum absolute atomic E-state index is 0.0881. The maximum Gasteiger partial charge on any atom is 0.410 e. The molecule has 1 fully saturated rings. The molecular weight excluding hydrogens is 392 g/mol. The van der Waals surface area contributed by atoms with Crippen molar-refractivity contribution >= 4 is 17.7 Å². The van der Waals surface area contributed by atoms with E-state index in [1.165, 1.54) is 0 Å². The normalized spacial score (nSPS) is 14.9. The van der Waals surface area contributed by atoms with Crippen molar-refractivity contribution in [2.24, 2.45) is 0 Å². The lowest BCUT2D eigenvalue weighted by molar-refractivity contribution is 0.0187. The summed E-state index contributed by atoms with van der Waals surface area (Å²) in [5, 5.41) is 3.04. The highest BCUT2D eigenvalue weighted by Gasteiger charge is 2.28. The molecular formula is C24H34N4O3. The molecule has 2 aromatic rings. The highest BCUT2D eigenvalue weighted by atomic mass is 16.6. The van der Waals surface area contributed by atoms with Crippen LogP contribution in [0.15, 0.2) is 42.6 Å². The van der Waals surface area contributed by atoms with Crippen molar-refractivity contribution in [3.63, 3.8) is 0 Å². The summed E-state index contributed by atoms with van der Waals surface area (Å²) in [7, 11) is 4.00. The number of aromatic nitrogens is 1. The number of carbonyl (C=O) groups excluding carboxylic acids is 2. The SMILES string of the molecule is CN(C)c1cccc(CNC(=O)c2cccn2C2CCN(C(=O)OC(C)(C)C)CC2)c1. The number of benzene rings is 1. The second kappa shape index (κ2) is 9.45. The maximum atomic E-state index is 12.9. The molecule has 0 saturated carbocycles. The summed E-state index contributed by atoms with van der Waals surface area (Å²) in [6.45, 7) is 7.34. The topological polar surface area (TPSA) is 66.8 Å². The summed E-state index contributed by atoms with van der Waals surface area (Å²) in [6, 6.07) is 12.1. The van der Waals surface area contributed by atoms with Crippen LogP contribution in [0.3, 0.4) is 0 Å². The van der Waals surface area contributed by atoms with E-state index in [0.717, 1.165) is 24.1 Å². The van der Waals surface area contributed by atoms with E-state index in [4.69, 9.17) is 4.74 Å². The lowest BCUT2D eigenvalue weighted by Gasteiger charge is -2.34. The van der Waals surface area contributed by atoms with Gasteiger partial charge in [0.15, 0.2) is 0 Å². The van der Waals surface area contributed by atoms with Crippen LogP contribution >= 0.6 is 0 Å². The summed E-state index contributed by atoms with van der Waals surface area (Å²) in [5.41, 5.74) is 2.32. The van der Waals surface area contributed by atoms with Crippen molar-refractivity contribution in [2.75, 3.05) is 32.1 Å². The summed E-state index contributed by atoms with van der Waals surface area (Å²) >= 11 is 0. The number of hydrogen-bond acceptors (Lipinski definition) is 4. The monoisotopic (exact) mass is 426 g/mol. The third-order valence-corrected chi connectivity index (χ3v) is 5.40. The average molecular weight is 427 g/mol. The Bertz CT molecular complexity index is 906. The Morgan fingerprint density at radius 1 is 1.13 bits per heavy atom. The minimum atomic E-state index is -0.494. The predicted molar refractivity (Wildman–Crippen MR) is 122 cm³/mol. The van der Waals surface area contributed by atoms with E-state index in [0.29, 0.717) is 25.3 Å². The zero-order valence-electron chi connectivity index (χ0n) is 19.2. The van der Waals surface area contributed by atoms with Crippen LogP contribution in [-0.2, 0) is 11.3 Å². The van der Waals surface area contributed by atoms with Gasteiger partial charge in [-0.05, 0) is 63.4 Å². The Labute approximate surface area is 185 Å². The largest absolute Gasteiger partial charge is 0.444 e. The van der Waals surface area contributed by atoms with Crippen LogP contribution in [0.2, 0.25) is 0 Å². The fourth-order valence-corrected chi connectivity index (χ4v) is 3.78. The van der Waals surface area contributed by atoms with Crippen LogP contribution in [0, 0.1) is 0 Å². The van der Waals surface area contributed by atoms with Crippen LogP contribution in [-0.4, -0.2) is 54.3 Å². The molecule has 1 aliphatic rings. The molecule has 1 aliphatic heterocycles. The van der Waals surface area contributed by atoms with Crippen molar-refractivity contribution in [1.82, 2.24) is 14.8 Å². The van der Waals surface area contributed by atoms with E-state index in [2.05, 4.69) is 11.4 Å². The number of anilines is 1. The molecule has 0 radical (unpaired) electrons. The molecule has 0 unspecified atom stereocenters. The highest BCUT2D eigenvalue weighted by molar-refractivity contribution is 5.92. The fourth-order valence-electron chi connectivity index (χ4n) is 3.78. The molecule has 0 aliphatic carbocycles. The summed E-state index contributed by atoms with van der Waals surface area (Å²) < 4.78 is 7.51. The second-order valence-corrected chi connectivity index (χ2v) is 9.25. The van der Waals surface area contributed by atoms with Gasteiger partial charge in [0.25, 0.3) is 5.91 Å². The van der Waals surface area contributed by atoms with Crippen molar-refractivity contribution in [1.29, 1.82) is 0 Å². The first-order valence-corrected chi connectivity index (χ1v) is 10.8. The van der Waals surface area contributed by atoms with Gasteiger partial charge in [0.1, 0.15) is 11.3 Å². The third-order valence-electron chi connectivity index (χ3n) is 5.40. The quantitative estimate of drug-likeness (QED) is 0.783. The average Bonchev–Trinajstić information content (AvgIpc) is 3.21. The van der Waals surface area contributed by atoms with Gasteiger partial charge >= 0.3 is 6.09 Å². The molecule has 168 valence electrons. The first-order valence-electron chi connectivity index (χ1n) is 10.8. The third kappa shape index (κ3) is 6.03. The summed E-state index contributed by atoms with van der Waals surface area (Å²) in [5.74, 6) is -0.0881. The van der Waals surface area contributed by atoms with Gasteiger partial charge in [0, 0.05) is 51.7 Å². The van der Waals surface area contributed by atoms with Gasteiger partial charge < -0.3 is 24.4 Å². The van der Waals surface area contributed by atoms with E-state index in [-0.39, 0.29) is 18.0 Å². The number of amides is 2. The number of hydrogen-bond donors (Lipinski definition) is 1. The van der Waals surface area contributed by atoms with E-state index >= 15 is 0 Å². The number of nitrogens with one attached hydrogen (secondary N) is 1. The van der Waals surface area contributed by atoms with Crippen LogP contribution in [0.1, 0.15) is 55.7 Å². The second-order valence-electron chi connectivity index (χ2n) is 9.25. The zero-order chi connectivity index (χ0) is 22.6. The number of rotatable bonds is 5. The van der Waals surface area contributed by atoms with Crippen molar-refractivity contribution in [3.8, 4) is 0 Å². The summed E-state index contributed by atoms with van der Waals surface area (Å²) in [4.78, 5) is 29.0. The van der Waals surface area contributed by atoms with Gasteiger partial charge in [-0.1, -0.05) is 12.1 Å². The fraction of sp³-hybridized carbons (Fsp3) is 0.500. The Hall–Kier alpha value is -2.96. The van der Waals surface area contributed by atoms with E-state index < -0.39 is 5.60 Å². The molecule has 7 nitrogen and oxygen atoms in total. The Morgan fingerprint density at radius 2 is 1.84 bits per heavy atom.